The molecule has 0 amide bonds. The fourth-order valence-electron chi connectivity index (χ4n) is 2.12. The van der Waals surface area contributed by atoms with Crippen LogP contribution in [0.2, 0.25) is 5.15 Å². The smallest absolute Gasteiger partial charge is 0.135 e. The van der Waals surface area contributed by atoms with Crippen molar-refractivity contribution in [3.63, 3.8) is 0 Å². The number of rotatable bonds is 3. The van der Waals surface area contributed by atoms with E-state index in [4.69, 9.17) is 11.6 Å². The summed E-state index contributed by atoms with van der Waals surface area (Å²) in [7, 11) is 0. The maximum Gasteiger partial charge on any atom is 0.135 e. The number of aromatic nitrogens is 2. The molecule has 0 aliphatic rings. The monoisotopic (exact) mass is 295 g/mol. The number of benzene rings is 2. The van der Waals surface area contributed by atoms with Gasteiger partial charge in [0.1, 0.15) is 16.8 Å². The van der Waals surface area contributed by atoms with Gasteiger partial charge in [-0.1, -0.05) is 54.1 Å². The first kappa shape index (κ1) is 13.6. The lowest BCUT2D eigenvalue weighted by Gasteiger charge is -2.08. The van der Waals surface area contributed by atoms with Gasteiger partial charge in [-0.2, -0.15) is 0 Å². The molecule has 0 saturated carbocycles. The molecule has 21 heavy (non-hydrogen) atoms. The van der Waals surface area contributed by atoms with Crippen molar-refractivity contribution in [2.45, 2.75) is 6.92 Å². The van der Waals surface area contributed by atoms with E-state index in [9.17, 15) is 0 Å². The Bertz CT molecular complexity index is 719. The summed E-state index contributed by atoms with van der Waals surface area (Å²) in [5, 5.41) is 3.66. The molecule has 0 atom stereocenters. The molecule has 3 aromatic rings. The summed E-state index contributed by atoms with van der Waals surface area (Å²) in [5.41, 5.74) is 3.34. The van der Waals surface area contributed by atoms with E-state index >= 15 is 0 Å². The molecule has 1 aromatic heterocycles. The Morgan fingerprint density at radius 2 is 1.52 bits per heavy atom. The zero-order chi connectivity index (χ0) is 14.7. The predicted octanol–water partition coefficient (Wildman–Crippen LogP) is 4.85. The highest BCUT2D eigenvalue weighted by Gasteiger charge is 2.01. The predicted molar refractivity (Wildman–Crippen MR) is 86.9 cm³/mol. The third kappa shape index (κ3) is 3.38. The third-order valence-electron chi connectivity index (χ3n) is 3.07. The molecule has 0 aliphatic carbocycles. The minimum Gasteiger partial charge on any atom is -0.340 e. The molecule has 0 saturated heterocycles. The minimum atomic E-state index is 0.436. The number of nitrogens with one attached hydrogen (secondary N) is 1. The van der Waals surface area contributed by atoms with Crippen molar-refractivity contribution in [1.29, 1.82) is 0 Å². The molecule has 0 bridgehead atoms. The number of anilines is 2. The van der Waals surface area contributed by atoms with Crippen molar-refractivity contribution in [3.05, 3.63) is 71.6 Å². The maximum absolute atomic E-state index is 5.93. The molecule has 1 N–H and O–H groups in total. The van der Waals surface area contributed by atoms with Gasteiger partial charge in [-0.25, -0.2) is 9.97 Å². The number of nitrogens with zero attached hydrogens (tertiary/aromatic N) is 2. The van der Waals surface area contributed by atoms with Gasteiger partial charge in [-0.05, 0) is 30.2 Å². The average Bonchev–Trinajstić information content (AvgIpc) is 2.48. The Hall–Kier alpha value is -2.39. The highest BCUT2D eigenvalue weighted by Crippen LogP contribution is 2.23. The van der Waals surface area contributed by atoms with Crippen molar-refractivity contribution in [1.82, 2.24) is 9.97 Å². The van der Waals surface area contributed by atoms with Gasteiger partial charge in [0.2, 0.25) is 0 Å². The topological polar surface area (TPSA) is 37.8 Å². The Morgan fingerprint density at radius 3 is 2.19 bits per heavy atom. The van der Waals surface area contributed by atoms with E-state index in [0.717, 1.165) is 5.69 Å². The number of halogens is 1. The van der Waals surface area contributed by atoms with E-state index < -0.39 is 0 Å². The summed E-state index contributed by atoms with van der Waals surface area (Å²) in [6.45, 7) is 1.82. The molecule has 104 valence electrons. The zero-order valence-corrected chi connectivity index (χ0v) is 12.3. The van der Waals surface area contributed by atoms with Crippen LogP contribution in [-0.2, 0) is 0 Å². The molecule has 2 aromatic carbocycles. The summed E-state index contributed by atoms with van der Waals surface area (Å²) in [6.07, 6.45) is 0. The van der Waals surface area contributed by atoms with Crippen molar-refractivity contribution in [2.75, 3.05) is 5.32 Å². The van der Waals surface area contributed by atoms with Crippen LogP contribution >= 0.6 is 11.6 Å². The highest BCUT2D eigenvalue weighted by molar-refractivity contribution is 6.29. The van der Waals surface area contributed by atoms with E-state index in [1.165, 1.54) is 11.1 Å². The van der Waals surface area contributed by atoms with Crippen molar-refractivity contribution in [3.8, 4) is 11.1 Å². The van der Waals surface area contributed by atoms with Gasteiger partial charge >= 0.3 is 0 Å². The fourth-order valence-corrected chi connectivity index (χ4v) is 2.35. The molecule has 0 radical (unpaired) electrons. The van der Waals surface area contributed by atoms with Gasteiger partial charge in [-0.15, -0.1) is 0 Å². The van der Waals surface area contributed by atoms with E-state index in [-0.39, 0.29) is 0 Å². The summed E-state index contributed by atoms with van der Waals surface area (Å²) < 4.78 is 0. The minimum absolute atomic E-state index is 0.436. The average molecular weight is 296 g/mol. The van der Waals surface area contributed by atoms with Gasteiger partial charge in [0.05, 0.1) is 0 Å². The largest absolute Gasteiger partial charge is 0.340 e. The fraction of sp³-hybridized carbons (Fsp3) is 0.0588. The molecule has 1 heterocycles. The molecule has 3 rings (SSSR count). The molecule has 0 aliphatic heterocycles. The highest BCUT2D eigenvalue weighted by atomic mass is 35.5. The standard InChI is InChI=1S/C17H14ClN3/c1-12-19-16(18)11-17(20-12)21-15-9-7-14(8-10-15)13-5-3-2-4-6-13/h2-11H,1H3,(H,19,20,21). The summed E-state index contributed by atoms with van der Waals surface area (Å²) >= 11 is 5.93. The van der Waals surface area contributed by atoms with Crippen LogP contribution in [0.4, 0.5) is 11.5 Å². The molecule has 4 heteroatoms. The third-order valence-corrected chi connectivity index (χ3v) is 3.26. The van der Waals surface area contributed by atoms with Crippen molar-refractivity contribution < 1.29 is 0 Å². The summed E-state index contributed by atoms with van der Waals surface area (Å²) in [4.78, 5) is 8.35. The first-order chi connectivity index (χ1) is 10.2. The lowest BCUT2D eigenvalue weighted by atomic mass is 10.1. The normalized spacial score (nSPS) is 10.4. The molecule has 3 nitrogen and oxygen atoms in total. The van der Waals surface area contributed by atoms with Crippen LogP contribution in [0.1, 0.15) is 5.82 Å². The van der Waals surface area contributed by atoms with Crippen molar-refractivity contribution in [2.24, 2.45) is 0 Å². The second-order valence-electron chi connectivity index (χ2n) is 4.69. The Balaban J connectivity index is 1.81. The van der Waals surface area contributed by atoms with Crippen LogP contribution in [0.25, 0.3) is 11.1 Å². The zero-order valence-electron chi connectivity index (χ0n) is 11.5. The molecular formula is C17H14ClN3. The summed E-state index contributed by atoms with van der Waals surface area (Å²) in [6, 6.07) is 20.2. The van der Waals surface area contributed by atoms with Crippen LogP contribution in [0, 0.1) is 6.92 Å². The number of hydrogen-bond acceptors (Lipinski definition) is 3. The first-order valence-electron chi connectivity index (χ1n) is 6.64. The molecule has 0 spiro atoms. The van der Waals surface area contributed by atoms with Gasteiger partial charge in [0.15, 0.2) is 0 Å². The van der Waals surface area contributed by atoms with Crippen LogP contribution in [0.3, 0.4) is 0 Å². The maximum atomic E-state index is 5.93. The van der Waals surface area contributed by atoms with Gasteiger partial charge in [-0.3, -0.25) is 0 Å². The first-order valence-corrected chi connectivity index (χ1v) is 7.02. The van der Waals surface area contributed by atoms with Crippen LogP contribution in [0.15, 0.2) is 60.7 Å². The molecular weight excluding hydrogens is 282 g/mol. The Morgan fingerprint density at radius 1 is 0.857 bits per heavy atom. The van der Waals surface area contributed by atoms with Crippen LogP contribution in [-0.4, -0.2) is 9.97 Å². The van der Waals surface area contributed by atoms with Crippen LogP contribution in [0.5, 0.6) is 0 Å². The quantitative estimate of drug-likeness (QED) is 0.702. The Labute approximate surface area is 128 Å². The molecule has 0 unspecified atom stereocenters. The number of aryl methyl sites for hydroxylation is 1. The lowest BCUT2D eigenvalue weighted by Crippen LogP contribution is -1.97. The second kappa shape index (κ2) is 5.94. The lowest BCUT2D eigenvalue weighted by molar-refractivity contribution is 1.06. The summed E-state index contributed by atoms with van der Waals surface area (Å²) in [5.74, 6) is 1.34. The van der Waals surface area contributed by atoms with Gasteiger partial charge < -0.3 is 5.32 Å². The van der Waals surface area contributed by atoms with Crippen molar-refractivity contribution >= 4 is 23.1 Å². The van der Waals surface area contributed by atoms with Gasteiger partial charge in [0.25, 0.3) is 0 Å². The van der Waals surface area contributed by atoms with Crippen LogP contribution < -0.4 is 5.32 Å². The van der Waals surface area contributed by atoms with E-state index in [1.807, 2.05) is 37.3 Å². The second-order valence-corrected chi connectivity index (χ2v) is 5.08. The SMILES string of the molecule is Cc1nc(Cl)cc(Nc2ccc(-c3ccccc3)cc2)n1. The Kier molecular flexibility index (Phi) is 3.84. The van der Waals surface area contributed by atoms with Gasteiger partial charge in [0, 0.05) is 11.8 Å². The van der Waals surface area contributed by atoms with E-state index in [2.05, 4.69) is 39.6 Å². The van der Waals surface area contributed by atoms with E-state index in [0.29, 0.717) is 16.8 Å². The molecule has 0 fully saturated rings. The van der Waals surface area contributed by atoms with E-state index in [1.54, 1.807) is 6.07 Å². The number of hydrogen-bond donors (Lipinski definition) is 1.